The Kier molecular flexibility index (Phi) is 5.37. The fourth-order valence-corrected chi connectivity index (χ4v) is 11.3. The Bertz CT molecular complexity index is 739. The molecule has 4 atom stereocenters. The first-order chi connectivity index (χ1) is 12.8. The standard InChI is InChI=1S/C22H30O2S3/c1-16(22(25-12-7-13-26-22)17-8-5-4-6-9-17)27(24)15-21-11-10-18(14-19(21)23)20(21,2)3/h4-6,8-9,18-19,23H,1,7,10-15H2,2-3H3/t18-,19-,21-,27+/m1/s1. The summed E-state index contributed by atoms with van der Waals surface area (Å²) < 4.78 is 13.3. The summed E-state index contributed by atoms with van der Waals surface area (Å²) in [6.45, 7) is 8.95. The first kappa shape index (κ1) is 20.1. The van der Waals surface area contributed by atoms with Gasteiger partial charge in [0.05, 0.1) is 16.9 Å². The van der Waals surface area contributed by atoms with Crippen LogP contribution < -0.4 is 0 Å². The summed E-state index contributed by atoms with van der Waals surface area (Å²) in [7, 11) is -1.17. The molecule has 3 fully saturated rings. The lowest BCUT2D eigenvalue weighted by Crippen LogP contribution is -2.44. The van der Waals surface area contributed by atoms with Gasteiger partial charge in [-0.15, -0.1) is 23.5 Å². The maximum absolute atomic E-state index is 13.7. The Balaban J connectivity index is 1.64. The number of rotatable bonds is 5. The SMILES string of the molecule is C=C([S@@](=O)C[C@]12CC[C@H](C[C@H]1O)C2(C)C)C1(c2ccccc2)SCCCS1. The highest BCUT2D eigenvalue weighted by Gasteiger charge is 2.64. The van der Waals surface area contributed by atoms with Crippen molar-refractivity contribution in [2.75, 3.05) is 17.3 Å². The smallest absolute Gasteiger partial charge is 0.119 e. The highest BCUT2D eigenvalue weighted by molar-refractivity contribution is 8.19. The van der Waals surface area contributed by atoms with Gasteiger partial charge in [-0.2, -0.15) is 0 Å². The predicted molar refractivity (Wildman–Crippen MR) is 119 cm³/mol. The quantitative estimate of drug-likeness (QED) is 0.711. The summed E-state index contributed by atoms with van der Waals surface area (Å²) in [5.41, 5.74) is 1.02. The average molecular weight is 423 g/mol. The van der Waals surface area contributed by atoms with Crippen LogP contribution in [0.5, 0.6) is 0 Å². The summed E-state index contributed by atoms with van der Waals surface area (Å²) in [6, 6.07) is 10.4. The van der Waals surface area contributed by atoms with Gasteiger partial charge in [-0.25, -0.2) is 0 Å². The van der Waals surface area contributed by atoms with E-state index in [0.29, 0.717) is 11.7 Å². The minimum Gasteiger partial charge on any atom is -0.392 e. The van der Waals surface area contributed by atoms with E-state index in [1.54, 1.807) is 0 Å². The van der Waals surface area contributed by atoms with Crippen LogP contribution in [0.15, 0.2) is 41.8 Å². The number of aliphatic hydroxyl groups excluding tert-OH is 1. The molecule has 2 saturated carbocycles. The summed E-state index contributed by atoms with van der Waals surface area (Å²) in [5, 5.41) is 10.9. The van der Waals surface area contributed by atoms with Gasteiger partial charge in [0.1, 0.15) is 4.08 Å². The molecule has 1 N–H and O–H groups in total. The minimum absolute atomic E-state index is 0.0507. The van der Waals surface area contributed by atoms with Gasteiger partial charge in [0.25, 0.3) is 0 Å². The second-order valence-corrected chi connectivity index (χ2v) is 13.2. The van der Waals surface area contributed by atoms with E-state index in [2.05, 4.69) is 44.7 Å². The molecule has 1 heterocycles. The molecule has 2 bridgehead atoms. The van der Waals surface area contributed by atoms with Crippen LogP contribution in [-0.2, 0) is 14.9 Å². The van der Waals surface area contributed by atoms with Crippen LogP contribution in [0.25, 0.3) is 0 Å². The highest BCUT2D eigenvalue weighted by atomic mass is 32.2. The molecule has 0 radical (unpaired) electrons. The Morgan fingerprint density at radius 2 is 1.93 bits per heavy atom. The minimum atomic E-state index is -1.17. The zero-order valence-corrected chi connectivity index (χ0v) is 18.7. The van der Waals surface area contributed by atoms with E-state index in [-0.39, 0.29) is 21.0 Å². The van der Waals surface area contributed by atoms with Crippen molar-refractivity contribution in [1.82, 2.24) is 0 Å². The highest BCUT2D eigenvalue weighted by Crippen LogP contribution is 2.66. The van der Waals surface area contributed by atoms with Crippen LogP contribution in [0.3, 0.4) is 0 Å². The molecule has 1 aromatic rings. The number of aliphatic hydroxyl groups is 1. The van der Waals surface area contributed by atoms with E-state index in [0.717, 1.165) is 35.7 Å². The molecule has 1 aromatic carbocycles. The van der Waals surface area contributed by atoms with Crippen molar-refractivity contribution in [3.63, 3.8) is 0 Å². The molecular weight excluding hydrogens is 392 g/mol. The van der Waals surface area contributed by atoms with E-state index in [1.807, 2.05) is 29.6 Å². The Hall–Kier alpha value is -0.230. The fourth-order valence-electron chi connectivity index (χ4n) is 5.53. The van der Waals surface area contributed by atoms with Crippen molar-refractivity contribution in [2.45, 2.75) is 49.7 Å². The zero-order valence-electron chi connectivity index (χ0n) is 16.3. The number of hydrogen-bond donors (Lipinski definition) is 1. The molecule has 1 saturated heterocycles. The molecular formula is C22H30O2S3. The average Bonchev–Trinajstić information content (AvgIpc) is 3.03. The summed E-state index contributed by atoms with van der Waals surface area (Å²) in [6.07, 6.45) is 3.86. The Morgan fingerprint density at radius 3 is 2.48 bits per heavy atom. The van der Waals surface area contributed by atoms with Gasteiger partial charge in [-0.3, -0.25) is 4.21 Å². The van der Waals surface area contributed by atoms with Crippen LogP contribution in [0, 0.1) is 16.7 Å². The molecule has 0 spiro atoms. The van der Waals surface area contributed by atoms with E-state index in [9.17, 15) is 9.32 Å². The third-order valence-corrected chi connectivity index (χ3v) is 12.8. The molecule has 2 nitrogen and oxygen atoms in total. The normalized spacial score (nSPS) is 35.1. The predicted octanol–water partition coefficient (Wildman–Crippen LogP) is 5.16. The maximum atomic E-state index is 13.7. The lowest BCUT2D eigenvalue weighted by atomic mass is 9.70. The summed E-state index contributed by atoms with van der Waals surface area (Å²) in [4.78, 5) is 0.830. The molecule has 3 aliphatic rings. The molecule has 0 unspecified atom stereocenters. The topological polar surface area (TPSA) is 37.3 Å². The summed E-state index contributed by atoms with van der Waals surface area (Å²) >= 11 is 3.77. The first-order valence-electron chi connectivity index (χ1n) is 9.93. The molecule has 27 heavy (non-hydrogen) atoms. The van der Waals surface area contributed by atoms with Gasteiger partial charge < -0.3 is 5.11 Å². The van der Waals surface area contributed by atoms with Gasteiger partial charge >= 0.3 is 0 Å². The van der Waals surface area contributed by atoms with E-state index >= 15 is 0 Å². The lowest BCUT2D eigenvalue weighted by molar-refractivity contribution is 0.0161. The summed E-state index contributed by atoms with van der Waals surface area (Å²) in [5.74, 6) is 3.24. The lowest BCUT2D eigenvalue weighted by Gasteiger charge is -2.42. The van der Waals surface area contributed by atoms with Gasteiger partial charge in [0.2, 0.25) is 0 Å². The van der Waals surface area contributed by atoms with Crippen molar-refractivity contribution in [1.29, 1.82) is 0 Å². The monoisotopic (exact) mass is 422 g/mol. The van der Waals surface area contributed by atoms with Gasteiger partial charge in [-0.1, -0.05) is 50.8 Å². The van der Waals surface area contributed by atoms with Crippen molar-refractivity contribution in [2.24, 2.45) is 16.7 Å². The molecule has 1 aliphatic heterocycles. The zero-order chi connectivity index (χ0) is 19.3. The van der Waals surface area contributed by atoms with Gasteiger partial charge in [0.15, 0.2) is 0 Å². The molecule has 2 aliphatic carbocycles. The van der Waals surface area contributed by atoms with Gasteiger partial charge in [0, 0.05) is 16.1 Å². The van der Waals surface area contributed by atoms with Crippen molar-refractivity contribution in [3.8, 4) is 0 Å². The van der Waals surface area contributed by atoms with E-state index < -0.39 is 10.8 Å². The second-order valence-electron chi connectivity index (χ2n) is 8.81. The maximum Gasteiger partial charge on any atom is 0.119 e. The van der Waals surface area contributed by atoms with Gasteiger partial charge in [-0.05, 0) is 54.1 Å². The number of thioether (sulfide) groups is 2. The van der Waals surface area contributed by atoms with Crippen LogP contribution in [0.4, 0.5) is 0 Å². The Labute approximate surface area is 174 Å². The first-order valence-corrected chi connectivity index (χ1v) is 13.2. The fraction of sp³-hybridized carbons (Fsp3) is 0.636. The third-order valence-electron chi connectivity index (χ3n) is 7.47. The Morgan fingerprint density at radius 1 is 1.26 bits per heavy atom. The molecule has 0 aromatic heterocycles. The molecule has 0 amide bonds. The van der Waals surface area contributed by atoms with Crippen LogP contribution in [0.1, 0.15) is 45.1 Å². The van der Waals surface area contributed by atoms with Crippen LogP contribution in [-0.4, -0.2) is 32.7 Å². The van der Waals surface area contributed by atoms with Crippen molar-refractivity contribution in [3.05, 3.63) is 47.4 Å². The van der Waals surface area contributed by atoms with Crippen molar-refractivity contribution >= 4 is 34.3 Å². The molecule has 148 valence electrons. The van der Waals surface area contributed by atoms with E-state index in [1.165, 1.54) is 12.0 Å². The molecule has 4 rings (SSSR count). The van der Waals surface area contributed by atoms with E-state index in [4.69, 9.17) is 0 Å². The second kappa shape index (κ2) is 7.23. The number of benzene rings is 1. The number of fused-ring (bicyclic) bond motifs is 2. The van der Waals surface area contributed by atoms with Crippen LogP contribution in [0.2, 0.25) is 0 Å². The third kappa shape index (κ3) is 2.99. The molecule has 5 heteroatoms. The number of hydrogen-bond acceptors (Lipinski definition) is 4. The van der Waals surface area contributed by atoms with Crippen molar-refractivity contribution < 1.29 is 9.32 Å². The largest absolute Gasteiger partial charge is 0.392 e. The van der Waals surface area contributed by atoms with Crippen LogP contribution >= 0.6 is 23.5 Å².